The van der Waals surface area contributed by atoms with Gasteiger partial charge in [0, 0.05) is 10.2 Å². The van der Waals surface area contributed by atoms with Gasteiger partial charge in [-0.15, -0.1) is 0 Å². The quantitative estimate of drug-likeness (QED) is 0.697. The van der Waals surface area contributed by atoms with Crippen LogP contribution in [-0.4, -0.2) is 5.91 Å². The molecule has 0 aliphatic rings. The van der Waals surface area contributed by atoms with Gasteiger partial charge in [-0.05, 0) is 53.8 Å². The molecule has 4 nitrogen and oxygen atoms in total. The second-order valence-electron chi connectivity index (χ2n) is 4.27. The summed E-state index contributed by atoms with van der Waals surface area (Å²) in [6.07, 6.45) is 0. The van der Waals surface area contributed by atoms with Crippen molar-refractivity contribution >= 4 is 54.2 Å². The van der Waals surface area contributed by atoms with Crippen molar-refractivity contribution < 1.29 is 9.78 Å². The molecule has 3 rings (SSSR count). The number of amides is 1. The number of halogens is 1. The molecule has 6 heteroatoms. The summed E-state index contributed by atoms with van der Waals surface area (Å²) in [6.45, 7) is 0. The van der Waals surface area contributed by atoms with Gasteiger partial charge in [0.2, 0.25) is 0 Å². The molecule has 0 spiro atoms. The number of nitrogens with one attached hydrogen (secondary N) is 2. The Bertz CT molecular complexity index is 783. The Morgan fingerprint density at radius 2 is 1.95 bits per heavy atom. The molecule has 4 N–H and O–H groups in total. The summed E-state index contributed by atoms with van der Waals surface area (Å²) in [5.74, 6) is -0.160. The highest BCUT2D eigenvalue weighted by Crippen LogP contribution is 2.25. The van der Waals surface area contributed by atoms with E-state index in [1.54, 1.807) is 24.3 Å². The van der Waals surface area contributed by atoms with Crippen molar-refractivity contribution in [2.24, 2.45) is 0 Å². The van der Waals surface area contributed by atoms with Crippen LogP contribution >= 0.6 is 27.3 Å². The number of carbonyl (C=O) groups is 1. The van der Waals surface area contributed by atoms with E-state index in [-0.39, 0.29) is 5.91 Å². The number of rotatable bonds is 2. The van der Waals surface area contributed by atoms with Gasteiger partial charge < -0.3 is 5.73 Å². The molecule has 0 radical (unpaired) electrons. The number of nitrogen functional groups attached to an aromatic ring is 1. The van der Waals surface area contributed by atoms with Crippen LogP contribution in [0.5, 0.6) is 0 Å². The fraction of sp³-hybridized carbons (Fsp3) is 0. The van der Waals surface area contributed by atoms with Crippen LogP contribution in [0.25, 0.3) is 10.2 Å². The maximum Gasteiger partial charge on any atom is 0.340 e. The van der Waals surface area contributed by atoms with Crippen LogP contribution in [0.2, 0.25) is 0 Å². The fourth-order valence-corrected chi connectivity index (χ4v) is 3.26. The maximum absolute atomic E-state index is 12.1. The summed E-state index contributed by atoms with van der Waals surface area (Å²) in [7, 11) is 0. The Morgan fingerprint density at radius 3 is 2.70 bits per heavy atom. The van der Waals surface area contributed by atoms with Crippen LogP contribution < -0.4 is 16.0 Å². The smallest absolute Gasteiger partial charge is 0.340 e. The zero-order valence-electron chi connectivity index (χ0n) is 10.3. The Hall–Kier alpha value is -1.92. The van der Waals surface area contributed by atoms with E-state index < -0.39 is 0 Å². The summed E-state index contributed by atoms with van der Waals surface area (Å²) >= 11 is 4.92. The second kappa shape index (κ2) is 5.22. The molecule has 20 heavy (non-hydrogen) atoms. The number of nitrogens with two attached hydrogens (primary N) is 1. The summed E-state index contributed by atoms with van der Waals surface area (Å²) in [6, 6.07) is 12.8. The Labute approximate surface area is 127 Å². The van der Waals surface area contributed by atoms with E-state index in [4.69, 9.17) is 5.73 Å². The van der Waals surface area contributed by atoms with Crippen LogP contribution in [0.1, 0.15) is 10.4 Å². The lowest BCUT2D eigenvalue weighted by atomic mass is 10.2. The first-order valence-corrected chi connectivity index (χ1v) is 7.51. The minimum absolute atomic E-state index is 0.160. The maximum atomic E-state index is 12.1. The Balaban J connectivity index is 1.85. The number of benzene rings is 2. The van der Waals surface area contributed by atoms with Gasteiger partial charge in [-0.2, -0.15) is 5.32 Å². The number of anilines is 2. The summed E-state index contributed by atoms with van der Waals surface area (Å²) < 4.78 is 2.09. The van der Waals surface area contributed by atoms with E-state index in [0.29, 0.717) is 16.4 Å². The zero-order chi connectivity index (χ0) is 14.1. The summed E-state index contributed by atoms with van der Waals surface area (Å²) in [4.78, 5) is 15.3. The van der Waals surface area contributed by atoms with Gasteiger partial charge in [-0.25, -0.2) is 9.78 Å². The number of fused-ring (bicyclic) bond motifs is 1. The molecule has 0 unspecified atom stereocenters. The topological polar surface area (TPSA) is 69.3 Å². The Kier molecular flexibility index (Phi) is 3.42. The van der Waals surface area contributed by atoms with Crippen molar-refractivity contribution in [1.29, 1.82) is 0 Å². The third-order valence-electron chi connectivity index (χ3n) is 2.80. The molecule has 3 aromatic rings. The average molecular weight is 349 g/mol. The Morgan fingerprint density at radius 1 is 1.20 bits per heavy atom. The normalized spacial score (nSPS) is 10.7. The predicted octanol–water partition coefficient (Wildman–Crippen LogP) is 3.31. The first-order chi connectivity index (χ1) is 9.61. The third-order valence-corrected chi connectivity index (χ3v) is 4.26. The standard InChI is InChI=1S/C14H10BrN3OS/c15-9-3-6-11-12(7-9)20-14(17-11)18-13(19)8-1-4-10(16)5-2-8/h1-7H,16H2,(H,17,18,19)/p+1. The highest BCUT2D eigenvalue weighted by atomic mass is 79.9. The number of carbonyl (C=O) groups excluding carboxylic acids is 1. The first kappa shape index (κ1) is 13.1. The van der Waals surface area contributed by atoms with Gasteiger partial charge in [0.05, 0.1) is 10.3 Å². The number of thiazole rings is 1. The molecule has 0 fully saturated rings. The van der Waals surface area contributed by atoms with Gasteiger partial charge in [-0.3, -0.25) is 0 Å². The second-order valence-corrected chi connectivity index (χ2v) is 6.24. The summed E-state index contributed by atoms with van der Waals surface area (Å²) in [5, 5.41) is 3.56. The van der Waals surface area contributed by atoms with Gasteiger partial charge >= 0.3 is 11.0 Å². The van der Waals surface area contributed by atoms with Crippen molar-refractivity contribution in [3.63, 3.8) is 0 Å². The van der Waals surface area contributed by atoms with Crippen molar-refractivity contribution in [2.75, 3.05) is 11.1 Å². The molecular weight excluding hydrogens is 338 g/mol. The van der Waals surface area contributed by atoms with Crippen molar-refractivity contribution in [3.05, 3.63) is 52.5 Å². The number of H-pyrrole nitrogens is 1. The molecule has 1 aromatic heterocycles. The average Bonchev–Trinajstić information content (AvgIpc) is 2.80. The molecule has 2 aromatic carbocycles. The van der Waals surface area contributed by atoms with Crippen molar-refractivity contribution in [3.8, 4) is 0 Å². The van der Waals surface area contributed by atoms with Gasteiger partial charge in [0.1, 0.15) is 5.52 Å². The minimum Gasteiger partial charge on any atom is -0.399 e. The molecule has 1 heterocycles. The van der Waals surface area contributed by atoms with Crippen LogP contribution in [0.3, 0.4) is 0 Å². The fourth-order valence-electron chi connectivity index (χ4n) is 1.81. The molecule has 0 saturated heterocycles. The van der Waals surface area contributed by atoms with Crippen molar-refractivity contribution in [2.45, 2.75) is 0 Å². The lowest BCUT2D eigenvalue weighted by molar-refractivity contribution is -0.321. The van der Waals surface area contributed by atoms with Gasteiger partial charge in [0.25, 0.3) is 0 Å². The first-order valence-electron chi connectivity index (χ1n) is 5.90. The number of hydrogen-bond acceptors (Lipinski definition) is 3. The highest BCUT2D eigenvalue weighted by molar-refractivity contribution is 9.10. The molecule has 100 valence electrons. The van der Waals surface area contributed by atoms with E-state index in [2.05, 4.69) is 26.2 Å². The molecule has 0 aliphatic heterocycles. The predicted molar refractivity (Wildman–Crippen MR) is 84.9 cm³/mol. The molecular formula is C14H11BrN3OS+. The zero-order valence-corrected chi connectivity index (χ0v) is 12.7. The molecule has 0 bridgehead atoms. The number of hydrogen-bond donors (Lipinski definition) is 2. The van der Waals surface area contributed by atoms with Crippen LogP contribution in [0.15, 0.2) is 46.9 Å². The van der Waals surface area contributed by atoms with Crippen LogP contribution in [0.4, 0.5) is 10.8 Å². The van der Waals surface area contributed by atoms with Gasteiger partial charge in [-0.1, -0.05) is 15.9 Å². The van der Waals surface area contributed by atoms with E-state index in [9.17, 15) is 4.79 Å². The molecule has 0 atom stereocenters. The van der Waals surface area contributed by atoms with Crippen molar-refractivity contribution in [1.82, 2.24) is 0 Å². The van der Waals surface area contributed by atoms with E-state index in [0.717, 1.165) is 14.7 Å². The lowest BCUT2D eigenvalue weighted by Crippen LogP contribution is -2.16. The largest absolute Gasteiger partial charge is 0.399 e. The van der Waals surface area contributed by atoms with E-state index in [1.807, 2.05) is 18.2 Å². The minimum atomic E-state index is -0.160. The monoisotopic (exact) mass is 348 g/mol. The number of aromatic amines is 1. The molecule has 0 aliphatic carbocycles. The highest BCUT2D eigenvalue weighted by Gasteiger charge is 2.16. The number of aromatic nitrogens is 1. The van der Waals surface area contributed by atoms with E-state index >= 15 is 0 Å². The van der Waals surface area contributed by atoms with Crippen LogP contribution in [0, 0.1) is 0 Å². The molecule has 1 amide bonds. The third kappa shape index (κ3) is 2.66. The summed E-state index contributed by atoms with van der Waals surface area (Å²) in [5.41, 5.74) is 7.81. The van der Waals surface area contributed by atoms with Gasteiger partial charge in [0.15, 0.2) is 0 Å². The van der Waals surface area contributed by atoms with Crippen LogP contribution in [-0.2, 0) is 0 Å². The SMILES string of the molecule is Nc1ccc(C(=O)Nc2[nH+]c3ccc(Br)cc3s2)cc1. The molecule has 0 saturated carbocycles. The lowest BCUT2D eigenvalue weighted by Gasteiger charge is -1.96. The van der Waals surface area contributed by atoms with E-state index in [1.165, 1.54) is 11.3 Å².